The molecule has 0 radical (unpaired) electrons. The number of anilines is 1. The molecule has 1 aromatic heterocycles. The molecule has 2 rings (SSSR count). The molecule has 0 saturated heterocycles. The number of amides is 1. The first kappa shape index (κ1) is 14.8. The maximum atomic E-state index is 12.3. The van der Waals surface area contributed by atoms with Crippen molar-refractivity contribution >= 4 is 39.1 Å². The van der Waals surface area contributed by atoms with Gasteiger partial charge < -0.3 is 11.1 Å². The minimum atomic E-state index is -0.114. The molecule has 1 aromatic rings. The predicted molar refractivity (Wildman–Crippen MR) is 80.1 cm³/mol. The van der Waals surface area contributed by atoms with E-state index in [2.05, 4.69) is 26.2 Å². The van der Waals surface area contributed by atoms with E-state index in [1.165, 1.54) is 0 Å². The molecule has 2 unspecified atom stereocenters. The summed E-state index contributed by atoms with van der Waals surface area (Å²) in [4.78, 5) is 16.2. The van der Waals surface area contributed by atoms with Gasteiger partial charge in [0.15, 0.2) is 0 Å². The van der Waals surface area contributed by atoms with Gasteiger partial charge in [-0.25, -0.2) is 4.98 Å². The van der Waals surface area contributed by atoms with Gasteiger partial charge in [-0.15, -0.1) is 0 Å². The van der Waals surface area contributed by atoms with Crippen LogP contribution in [0.3, 0.4) is 0 Å². The van der Waals surface area contributed by atoms with Gasteiger partial charge in [-0.1, -0.05) is 30.9 Å². The number of halogens is 2. The van der Waals surface area contributed by atoms with Crippen molar-refractivity contribution in [3.05, 3.63) is 21.9 Å². The van der Waals surface area contributed by atoms with Crippen molar-refractivity contribution < 1.29 is 4.79 Å². The average molecular weight is 347 g/mol. The Labute approximate surface area is 126 Å². The first-order valence-electron chi connectivity index (χ1n) is 6.45. The lowest BCUT2D eigenvalue weighted by molar-refractivity contribution is -0.120. The molecule has 1 aliphatic rings. The molecular formula is C13H17BrClN3O. The number of aromatic nitrogens is 1. The molecule has 1 heterocycles. The molecule has 1 amide bonds. The second kappa shape index (κ2) is 6.68. The highest BCUT2D eigenvalue weighted by Gasteiger charge is 2.27. The molecule has 104 valence electrons. The summed E-state index contributed by atoms with van der Waals surface area (Å²) in [6.45, 7) is 0. The van der Waals surface area contributed by atoms with E-state index in [-0.39, 0.29) is 17.9 Å². The quantitative estimate of drug-likeness (QED) is 0.637. The molecular weight excluding hydrogens is 330 g/mol. The Kier molecular flexibility index (Phi) is 5.19. The normalized spacial score (nSPS) is 23.7. The van der Waals surface area contributed by atoms with E-state index in [0.717, 1.165) is 32.1 Å². The molecule has 0 aliphatic heterocycles. The van der Waals surface area contributed by atoms with Crippen molar-refractivity contribution in [3.8, 4) is 0 Å². The molecule has 1 saturated carbocycles. The maximum absolute atomic E-state index is 12.3. The molecule has 19 heavy (non-hydrogen) atoms. The molecule has 1 fully saturated rings. The van der Waals surface area contributed by atoms with Gasteiger partial charge in [0.1, 0.15) is 5.15 Å². The summed E-state index contributed by atoms with van der Waals surface area (Å²) < 4.78 is 0.664. The van der Waals surface area contributed by atoms with Crippen molar-refractivity contribution in [2.75, 3.05) is 5.32 Å². The monoisotopic (exact) mass is 345 g/mol. The number of carbonyl (C=O) groups excluding carboxylic acids is 1. The Morgan fingerprint density at radius 2 is 2.16 bits per heavy atom. The van der Waals surface area contributed by atoms with Gasteiger partial charge in [0, 0.05) is 6.04 Å². The summed E-state index contributed by atoms with van der Waals surface area (Å²) in [6.07, 6.45) is 6.65. The summed E-state index contributed by atoms with van der Waals surface area (Å²) in [7, 11) is 0. The van der Waals surface area contributed by atoms with E-state index in [9.17, 15) is 4.79 Å². The summed E-state index contributed by atoms with van der Waals surface area (Å²) >= 11 is 9.11. The van der Waals surface area contributed by atoms with Crippen LogP contribution in [-0.2, 0) is 4.79 Å². The van der Waals surface area contributed by atoms with Gasteiger partial charge in [0.25, 0.3) is 0 Å². The molecule has 4 nitrogen and oxygen atoms in total. The Hall–Kier alpha value is -0.650. The zero-order valence-electron chi connectivity index (χ0n) is 10.5. The third kappa shape index (κ3) is 3.91. The van der Waals surface area contributed by atoms with Gasteiger partial charge >= 0.3 is 0 Å². The lowest BCUT2D eigenvalue weighted by Gasteiger charge is -2.20. The fourth-order valence-electron chi connectivity index (χ4n) is 2.39. The van der Waals surface area contributed by atoms with Crippen LogP contribution in [0.2, 0.25) is 5.15 Å². The number of carbonyl (C=O) groups is 1. The zero-order valence-corrected chi connectivity index (χ0v) is 12.9. The van der Waals surface area contributed by atoms with Crippen molar-refractivity contribution in [2.24, 2.45) is 11.7 Å². The van der Waals surface area contributed by atoms with Crippen LogP contribution in [0.15, 0.2) is 16.7 Å². The van der Waals surface area contributed by atoms with Crippen LogP contribution in [0.5, 0.6) is 0 Å². The van der Waals surface area contributed by atoms with Crippen molar-refractivity contribution in [1.82, 2.24) is 4.98 Å². The first-order valence-corrected chi connectivity index (χ1v) is 7.62. The molecule has 0 bridgehead atoms. The van der Waals surface area contributed by atoms with Gasteiger partial charge in [-0.3, -0.25) is 4.79 Å². The summed E-state index contributed by atoms with van der Waals surface area (Å²) in [5, 5.41) is 3.25. The SMILES string of the molecule is NC1CCCCCC1C(=O)Nc1cnc(Cl)c(Br)c1. The second-order valence-corrected chi connectivity index (χ2v) is 6.11. The molecule has 0 aromatic carbocycles. The van der Waals surface area contributed by atoms with E-state index < -0.39 is 0 Å². The minimum Gasteiger partial charge on any atom is -0.327 e. The highest BCUT2D eigenvalue weighted by molar-refractivity contribution is 9.10. The predicted octanol–water partition coefficient (Wildman–Crippen LogP) is 3.34. The maximum Gasteiger partial charge on any atom is 0.229 e. The number of nitrogens with zero attached hydrogens (tertiary/aromatic N) is 1. The highest BCUT2D eigenvalue weighted by Crippen LogP contribution is 2.26. The smallest absolute Gasteiger partial charge is 0.229 e. The lowest BCUT2D eigenvalue weighted by atomic mass is 9.94. The van der Waals surface area contributed by atoms with Crippen molar-refractivity contribution in [1.29, 1.82) is 0 Å². The third-order valence-electron chi connectivity index (χ3n) is 3.47. The van der Waals surface area contributed by atoms with Crippen LogP contribution in [0, 0.1) is 5.92 Å². The molecule has 3 N–H and O–H groups in total. The average Bonchev–Trinajstić information content (AvgIpc) is 2.58. The fourth-order valence-corrected chi connectivity index (χ4v) is 2.84. The highest BCUT2D eigenvalue weighted by atomic mass is 79.9. The zero-order chi connectivity index (χ0) is 13.8. The van der Waals surface area contributed by atoms with Crippen molar-refractivity contribution in [2.45, 2.75) is 38.1 Å². The second-order valence-electron chi connectivity index (χ2n) is 4.89. The van der Waals surface area contributed by atoms with E-state index in [1.54, 1.807) is 12.3 Å². The van der Waals surface area contributed by atoms with E-state index in [0.29, 0.717) is 15.3 Å². The number of hydrogen-bond donors (Lipinski definition) is 2. The van der Waals surface area contributed by atoms with Crippen LogP contribution in [0.25, 0.3) is 0 Å². The van der Waals surface area contributed by atoms with Gasteiger partial charge in [-0.05, 0) is 34.8 Å². The van der Waals surface area contributed by atoms with Crippen LogP contribution >= 0.6 is 27.5 Å². The Morgan fingerprint density at radius 1 is 1.42 bits per heavy atom. The largest absolute Gasteiger partial charge is 0.327 e. The number of pyridine rings is 1. The lowest BCUT2D eigenvalue weighted by Crippen LogP contribution is -2.37. The summed E-state index contributed by atoms with van der Waals surface area (Å²) in [5.74, 6) is -0.137. The van der Waals surface area contributed by atoms with E-state index >= 15 is 0 Å². The molecule has 6 heteroatoms. The molecule has 2 atom stereocenters. The molecule has 1 aliphatic carbocycles. The number of nitrogens with one attached hydrogen (secondary N) is 1. The van der Waals surface area contributed by atoms with Gasteiger partial charge in [-0.2, -0.15) is 0 Å². The number of nitrogens with two attached hydrogens (primary N) is 1. The Morgan fingerprint density at radius 3 is 2.89 bits per heavy atom. The van der Waals surface area contributed by atoms with Crippen LogP contribution in [-0.4, -0.2) is 16.9 Å². The van der Waals surface area contributed by atoms with E-state index in [4.69, 9.17) is 17.3 Å². The number of hydrogen-bond acceptors (Lipinski definition) is 3. The van der Waals surface area contributed by atoms with Crippen LogP contribution in [0.1, 0.15) is 32.1 Å². The minimum absolute atomic E-state index is 0.0228. The third-order valence-corrected chi connectivity index (χ3v) is 4.60. The van der Waals surface area contributed by atoms with E-state index in [1.807, 2.05) is 0 Å². The topological polar surface area (TPSA) is 68.0 Å². The number of rotatable bonds is 2. The van der Waals surface area contributed by atoms with Gasteiger partial charge in [0.05, 0.1) is 22.3 Å². The van der Waals surface area contributed by atoms with Crippen molar-refractivity contribution in [3.63, 3.8) is 0 Å². The van der Waals surface area contributed by atoms with Gasteiger partial charge in [0.2, 0.25) is 5.91 Å². The first-order chi connectivity index (χ1) is 9.08. The van der Waals surface area contributed by atoms with Crippen LogP contribution < -0.4 is 11.1 Å². The fraction of sp³-hybridized carbons (Fsp3) is 0.538. The molecule has 0 spiro atoms. The van der Waals surface area contributed by atoms with Crippen LogP contribution in [0.4, 0.5) is 5.69 Å². The summed E-state index contributed by atoms with van der Waals surface area (Å²) in [5.41, 5.74) is 6.72. The Balaban J connectivity index is 2.04. The Bertz CT molecular complexity index is 469. The standard InChI is InChI=1S/C13H17BrClN3O/c14-10-6-8(7-17-12(10)15)18-13(19)9-4-2-1-3-5-11(9)16/h6-7,9,11H,1-5,16H2,(H,18,19). The summed E-state index contributed by atoms with van der Waals surface area (Å²) in [6, 6.07) is 1.70.